The first kappa shape index (κ1) is 13.9. The second kappa shape index (κ2) is 6.06. The van der Waals surface area contributed by atoms with E-state index in [0.29, 0.717) is 6.42 Å². The number of aromatic nitrogens is 2. The first-order valence-electron chi connectivity index (χ1n) is 6.18. The highest BCUT2D eigenvalue weighted by Gasteiger charge is 2.05. The summed E-state index contributed by atoms with van der Waals surface area (Å²) in [7, 11) is 0. The normalized spacial score (nSPS) is 11.0. The van der Waals surface area contributed by atoms with Crippen LogP contribution in [0.5, 0.6) is 0 Å². The second-order valence-electron chi connectivity index (χ2n) is 4.52. The molecule has 0 saturated heterocycles. The SMILES string of the molecule is O=C(O)CCCCCc1cc2[nH]c(=O)[nH]c2cc1Br. The zero-order valence-corrected chi connectivity index (χ0v) is 11.9. The molecule has 0 unspecified atom stereocenters. The number of aliphatic carboxylic acids is 1. The molecule has 0 saturated carbocycles. The summed E-state index contributed by atoms with van der Waals surface area (Å²) in [6, 6.07) is 3.84. The number of carbonyl (C=O) groups is 1. The van der Waals surface area contributed by atoms with Crippen molar-refractivity contribution in [1.29, 1.82) is 0 Å². The number of hydrogen-bond acceptors (Lipinski definition) is 2. The minimum Gasteiger partial charge on any atom is -0.481 e. The van der Waals surface area contributed by atoms with Crippen molar-refractivity contribution in [2.45, 2.75) is 32.1 Å². The molecule has 0 bridgehead atoms. The van der Waals surface area contributed by atoms with E-state index in [1.54, 1.807) is 0 Å². The maximum Gasteiger partial charge on any atom is 0.323 e. The van der Waals surface area contributed by atoms with Crippen LogP contribution in [0.25, 0.3) is 11.0 Å². The van der Waals surface area contributed by atoms with Crippen LogP contribution in [-0.4, -0.2) is 21.0 Å². The Hall–Kier alpha value is -1.56. The maximum absolute atomic E-state index is 11.2. The number of aryl methyl sites for hydroxylation is 1. The van der Waals surface area contributed by atoms with Crippen molar-refractivity contribution in [3.8, 4) is 0 Å². The molecule has 0 atom stereocenters. The quantitative estimate of drug-likeness (QED) is 0.713. The topological polar surface area (TPSA) is 85.9 Å². The van der Waals surface area contributed by atoms with Gasteiger partial charge in [0.2, 0.25) is 0 Å². The molecule has 2 aromatic rings. The van der Waals surface area contributed by atoms with Crippen LogP contribution in [0.2, 0.25) is 0 Å². The Bertz CT molecular complexity index is 645. The predicted molar refractivity (Wildman–Crippen MR) is 76.4 cm³/mol. The minimum atomic E-state index is -0.743. The number of carboxylic acid groups (broad SMARTS) is 1. The third-order valence-electron chi connectivity index (χ3n) is 3.02. The zero-order valence-electron chi connectivity index (χ0n) is 10.3. The molecule has 0 fully saturated rings. The Labute approximate surface area is 118 Å². The highest BCUT2D eigenvalue weighted by molar-refractivity contribution is 9.10. The van der Waals surface area contributed by atoms with E-state index in [0.717, 1.165) is 40.3 Å². The second-order valence-corrected chi connectivity index (χ2v) is 5.38. The van der Waals surface area contributed by atoms with E-state index in [1.807, 2.05) is 12.1 Å². The Morgan fingerprint density at radius 3 is 2.53 bits per heavy atom. The Balaban J connectivity index is 1.98. The fourth-order valence-corrected chi connectivity index (χ4v) is 2.60. The van der Waals surface area contributed by atoms with Gasteiger partial charge in [0, 0.05) is 10.9 Å². The summed E-state index contributed by atoms with van der Waals surface area (Å²) >= 11 is 3.49. The average Bonchev–Trinajstić information content (AvgIpc) is 2.67. The van der Waals surface area contributed by atoms with E-state index in [1.165, 1.54) is 0 Å². The number of aromatic amines is 2. The van der Waals surface area contributed by atoms with Gasteiger partial charge in [-0.1, -0.05) is 22.4 Å². The lowest BCUT2D eigenvalue weighted by Gasteiger charge is -2.04. The van der Waals surface area contributed by atoms with Crippen LogP contribution in [0.15, 0.2) is 21.4 Å². The van der Waals surface area contributed by atoms with Gasteiger partial charge >= 0.3 is 11.7 Å². The standard InChI is InChI=1S/C13H15BrN2O3/c14-9-7-11-10(15-13(19)16-11)6-8(9)4-2-1-3-5-12(17)18/h6-7H,1-5H2,(H,17,18)(H2,15,16,19). The van der Waals surface area contributed by atoms with Gasteiger partial charge in [-0.3, -0.25) is 4.79 Å². The van der Waals surface area contributed by atoms with E-state index in [-0.39, 0.29) is 12.1 Å². The first-order valence-corrected chi connectivity index (χ1v) is 6.98. The van der Waals surface area contributed by atoms with Gasteiger partial charge in [-0.05, 0) is 37.0 Å². The van der Waals surface area contributed by atoms with Gasteiger partial charge in [0.15, 0.2) is 0 Å². The lowest BCUT2D eigenvalue weighted by molar-refractivity contribution is -0.137. The van der Waals surface area contributed by atoms with E-state index in [9.17, 15) is 9.59 Å². The maximum atomic E-state index is 11.2. The summed E-state index contributed by atoms with van der Waals surface area (Å²) in [5.41, 5.74) is 2.50. The van der Waals surface area contributed by atoms with E-state index in [2.05, 4.69) is 25.9 Å². The zero-order chi connectivity index (χ0) is 13.8. The van der Waals surface area contributed by atoms with Gasteiger partial charge < -0.3 is 15.1 Å². The molecule has 2 rings (SSSR count). The number of hydrogen-bond donors (Lipinski definition) is 3. The highest BCUT2D eigenvalue weighted by atomic mass is 79.9. The molecule has 1 heterocycles. The molecule has 102 valence electrons. The number of rotatable bonds is 6. The molecule has 0 amide bonds. The molecule has 5 nitrogen and oxygen atoms in total. The third kappa shape index (κ3) is 3.70. The predicted octanol–water partition coefficient (Wildman–Crippen LogP) is 2.81. The van der Waals surface area contributed by atoms with Gasteiger partial charge in [-0.25, -0.2) is 4.79 Å². The van der Waals surface area contributed by atoms with Gasteiger partial charge in [-0.2, -0.15) is 0 Å². The Kier molecular flexibility index (Phi) is 4.42. The molecule has 0 aliphatic carbocycles. The largest absolute Gasteiger partial charge is 0.481 e. The molecule has 0 radical (unpaired) electrons. The lowest BCUT2D eigenvalue weighted by Crippen LogP contribution is -1.99. The molecule has 19 heavy (non-hydrogen) atoms. The van der Waals surface area contributed by atoms with Gasteiger partial charge in [0.05, 0.1) is 11.0 Å². The fourth-order valence-electron chi connectivity index (χ4n) is 2.06. The number of carboxylic acids is 1. The van der Waals surface area contributed by atoms with Crippen molar-refractivity contribution in [3.05, 3.63) is 32.7 Å². The summed E-state index contributed by atoms with van der Waals surface area (Å²) in [6.07, 6.45) is 3.62. The molecule has 1 aromatic carbocycles. The van der Waals surface area contributed by atoms with Gasteiger partial charge in [0.1, 0.15) is 0 Å². The number of unbranched alkanes of at least 4 members (excludes halogenated alkanes) is 2. The number of imidazole rings is 1. The summed E-state index contributed by atoms with van der Waals surface area (Å²) in [5.74, 6) is -0.743. The van der Waals surface area contributed by atoms with E-state index < -0.39 is 5.97 Å². The molecule has 6 heteroatoms. The van der Waals surface area contributed by atoms with Crippen molar-refractivity contribution in [3.63, 3.8) is 0 Å². The van der Waals surface area contributed by atoms with Crippen LogP contribution in [0.4, 0.5) is 0 Å². The number of H-pyrrole nitrogens is 2. The summed E-state index contributed by atoms with van der Waals surface area (Å²) in [5, 5.41) is 8.55. The molecular weight excluding hydrogens is 312 g/mol. The van der Waals surface area contributed by atoms with Gasteiger partial charge in [0.25, 0.3) is 0 Å². The third-order valence-corrected chi connectivity index (χ3v) is 3.76. The van der Waals surface area contributed by atoms with Crippen molar-refractivity contribution in [2.24, 2.45) is 0 Å². The Morgan fingerprint density at radius 1 is 1.16 bits per heavy atom. The number of fused-ring (bicyclic) bond motifs is 1. The van der Waals surface area contributed by atoms with Crippen LogP contribution in [-0.2, 0) is 11.2 Å². The van der Waals surface area contributed by atoms with Crippen molar-refractivity contribution >= 4 is 32.9 Å². The van der Waals surface area contributed by atoms with Crippen molar-refractivity contribution < 1.29 is 9.90 Å². The smallest absolute Gasteiger partial charge is 0.323 e. The van der Waals surface area contributed by atoms with E-state index >= 15 is 0 Å². The summed E-state index contributed by atoms with van der Waals surface area (Å²) in [4.78, 5) is 27.0. The number of benzene rings is 1. The summed E-state index contributed by atoms with van der Waals surface area (Å²) in [6.45, 7) is 0. The van der Waals surface area contributed by atoms with Crippen LogP contribution >= 0.6 is 15.9 Å². The Morgan fingerprint density at radius 2 is 1.84 bits per heavy atom. The fraction of sp³-hybridized carbons (Fsp3) is 0.385. The summed E-state index contributed by atoms with van der Waals surface area (Å²) < 4.78 is 0.966. The monoisotopic (exact) mass is 326 g/mol. The van der Waals surface area contributed by atoms with Crippen LogP contribution in [0.1, 0.15) is 31.2 Å². The lowest BCUT2D eigenvalue weighted by atomic mass is 10.1. The van der Waals surface area contributed by atoms with E-state index in [4.69, 9.17) is 5.11 Å². The molecular formula is C13H15BrN2O3. The molecule has 1 aromatic heterocycles. The number of halogens is 1. The molecule has 3 N–H and O–H groups in total. The average molecular weight is 327 g/mol. The van der Waals surface area contributed by atoms with Crippen LogP contribution in [0.3, 0.4) is 0 Å². The molecule has 0 aliphatic rings. The number of nitrogens with one attached hydrogen (secondary N) is 2. The minimum absolute atomic E-state index is 0.208. The van der Waals surface area contributed by atoms with Crippen molar-refractivity contribution in [2.75, 3.05) is 0 Å². The van der Waals surface area contributed by atoms with Crippen molar-refractivity contribution in [1.82, 2.24) is 9.97 Å². The van der Waals surface area contributed by atoms with Gasteiger partial charge in [-0.15, -0.1) is 0 Å². The highest BCUT2D eigenvalue weighted by Crippen LogP contribution is 2.23. The first-order chi connectivity index (χ1) is 9.06. The van der Waals surface area contributed by atoms with Crippen LogP contribution in [0, 0.1) is 0 Å². The molecule has 0 aliphatic heterocycles. The van der Waals surface area contributed by atoms with Crippen LogP contribution < -0.4 is 5.69 Å². The molecule has 0 spiro atoms.